The van der Waals surface area contributed by atoms with E-state index in [2.05, 4.69) is 5.32 Å². The van der Waals surface area contributed by atoms with Crippen LogP contribution in [-0.4, -0.2) is 40.2 Å². The monoisotopic (exact) mass is 490 g/mol. The summed E-state index contributed by atoms with van der Waals surface area (Å²) in [7, 11) is 6.48. The molecule has 2 amide bonds. The van der Waals surface area contributed by atoms with Crippen LogP contribution < -0.4 is 24.4 Å². The molecule has 35 heavy (non-hydrogen) atoms. The molecule has 3 aromatic rings. The van der Waals surface area contributed by atoms with Crippen molar-refractivity contribution in [2.75, 3.05) is 33.3 Å². The molecule has 0 bridgehead atoms. The second-order valence-corrected chi connectivity index (χ2v) is 8.89. The van der Waals surface area contributed by atoms with Crippen LogP contribution in [0.25, 0.3) is 6.08 Å². The van der Waals surface area contributed by atoms with Gasteiger partial charge in [-0.1, -0.05) is 30.0 Å². The Morgan fingerprint density at radius 3 is 2.37 bits per heavy atom. The second kappa shape index (κ2) is 10.6. The zero-order valence-corrected chi connectivity index (χ0v) is 20.8. The van der Waals surface area contributed by atoms with E-state index in [1.54, 1.807) is 51.5 Å². The van der Waals surface area contributed by atoms with Gasteiger partial charge in [0.15, 0.2) is 11.5 Å². The average molecular weight is 491 g/mol. The lowest BCUT2D eigenvalue weighted by molar-refractivity contribution is -0.114. The number of carbonyl (C=O) groups excluding carboxylic acids is 2. The summed E-state index contributed by atoms with van der Waals surface area (Å²) in [5.74, 6) is 1.63. The van der Waals surface area contributed by atoms with Crippen LogP contribution in [0.1, 0.15) is 21.5 Å². The second-order valence-electron chi connectivity index (χ2n) is 7.80. The minimum Gasteiger partial charge on any atom is -0.497 e. The molecule has 1 aliphatic heterocycles. The number of hydrogen-bond acceptors (Lipinski definition) is 6. The number of carbonyl (C=O) groups is 2. The Bertz CT molecular complexity index is 1290. The van der Waals surface area contributed by atoms with Crippen LogP contribution in [0.4, 0.5) is 5.69 Å². The number of hydrogen-bond donors (Lipinski definition) is 1. The Morgan fingerprint density at radius 1 is 0.943 bits per heavy atom. The van der Waals surface area contributed by atoms with Crippen molar-refractivity contribution in [1.82, 2.24) is 5.32 Å². The quantitative estimate of drug-likeness (QED) is 0.482. The molecule has 0 aliphatic carbocycles. The Hall–Kier alpha value is -3.91. The van der Waals surface area contributed by atoms with E-state index in [4.69, 9.17) is 14.2 Å². The van der Waals surface area contributed by atoms with Gasteiger partial charge in [-0.15, -0.1) is 0 Å². The fraction of sp³-hybridized carbons (Fsp3) is 0.185. The summed E-state index contributed by atoms with van der Waals surface area (Å²) < 4.78 is 15.8. The van der Waals surface area contributed by atoms with Crippen molar-refractivity contribution < 1.29 is 23.8 Å². The van der Waals surface area contributed by atoms with E-state index in [9.17, 15) is 9.59 Å². The van der Waals surface area contributed by atoms with Crippen molar-refractivity contribution >= 4 is 35.3 Å². The lowest BCUT2D eigenvalue weighted by Gasteiger charge is -2.27. The van der Waals surface area contributed by atoms with Crippen molar-refractivity contribution in [3.63, 3.8) is 0 Å². The highest BCUT2D eigenvalue weighted by Crippen LogP contribution is 2.42. The van der Waals surface area contributed by atoms with E-state index >= 15 is 0 Å². The maximum absolute atomic E-state index is 13.1. The van der Waals surface area contributed by atoms with Crippen LogP contribution in [0, 0.1) is 0 Å². The molecule has 0 unspecified atom stereocenters. The van der Waals surface area contributed by atoms with Gasteiger partial charge in [0.25, 0.3) is 11.8 Å². The van der Waals surface area contributed by atoms with E-state index in [1.807, 2.05) is 48.5 Å². The van der Waals surface area contributed by atoms with E-state index in [-0.39, 0.29) is 11.8 Å². The Kier molecular flexibility index (Phi) is 7.31. The first-order valence-electron chi connectivity index (χ1n) is 10.9. The number of likely N-dealkylation sites (N-methyl/N-ethyl adjacent to an activating group) is 1. The minimum atomic E-state index is -0.207. The molecular formula is C27H26N2O5S. The van der Waals surface area contributed by atoms with E-state index in [1.165, 1.54) is 11.8 Å². The fourth-order valence-electron chi connectivity index (χ4n) is 3.66. The standard InChI is InChI=1S/C27H26N2O5S/c1-29-21-15-19(26(30)28-16-17-5-9-20(32-2)10-6-17)8-12-24(21)35-25(27(29)31)14-18-7-11-22(33-3)23(13-18)34-4/h5-15H,16H2,1-4H3,(H,28,30)/b25-14-. The summed E-state index contributed by atoms with van der Waals surface area (Å²) >= 11 is 1.38. The molecule has 0 saturated carbocycles. The largest absolute Gasteiger partial charge is 0.497 e. The van der Waals surface area contributed by atoms with Gasteiger partial charge in [0.1, 0.15) is 5.75 Å². The van der Waals surface area contributed by atoms with Crippen LogP contribution in [-0.2, 0) is 11.3 Å². The number of rotatable bonds is 7. The summed E-state index contributed by atoms with van der Waals surface area (Å²) in [5, 5.41) is 2.92. The number of thioether (sulfide) groups is 1. The third-order valence-corrected chi connectivity index (χ3v) is 6.71. The molecular weight excluding hydrogens is 464 g/mol. The van der Waals surface area contributed by atoms with Crippen LogP contribution in [0.5, 0.6) is 17.2 Å². The van der Waals surface area contributed by atoms with Gasteiger partial charge < -0.3 is 24.4 Å². The van der Waals surface area contributed by atoms with Crippen molar-refractivity contribution in [2.45, 2.75) is 11.4 Å². The molecule has 0 fully saturated rings. The zero-order valence-electron chi connectivity index (χ0n) is 20.0. The molecule has 1 aliphatic rings. The van der Waals surface area contributed by atoms with Crippen LogP contribution in [0.3, 0.4) is 0 Å². The number of nitrogens with zero attached hydrogens (tertiary/aromatic N) is 1. The lowest BCUT2D eigenvalue weighted by Crippen LogP contribution is -2.31. The van der Waals surface area contributed by atoms with Gasteiger partial charge in [0, 0.05) is 24.1 Å². The Balaban J connectivity index is 1.51. The first-order valence-corrected chi connectivity index (χ1v) is 11.7. The third kappa shape index (κ3) is 5.27. The van der Waals surface area contributed by atoms with Crippen molar-refractivity contribution in [2.24, 2.45) is 0 Å². The van der Waals surface area contributed by atoms with Crippen molar-refractivity contribution in [3.8, 4) is 17.2 Å². The summed E-state index contributed by atoms with van der Waals surface area (Å²) in [5.41, 5.74) is 2.97. The number of fused-ring (bicyclic) bond motifs is 1. The molecule has 8 heteroatoms. The molecule has 7 nitrogen and oxygen atoms in total. The molecule has 0 radical (unpaired) electrons. The first-order chi connectivity index (χ1) is 16.9. The summed E-state index contributed by atoms with van der Waals surface area (Å²) in [6, 6.07) is 18.4. The summed E-state index contributed by atoms with van der Waals surface area (Å²) in [6.07, 6.45) is 1.82. The Labute approximate surface area is 208 Å². The smallest absolute Gasteiger partial charge is 0.264 e. The molecule has 1 heterocycles. The maximum Gasteiger partial charge on any atom is 0.264 e. The van der Waals surface area contributed by atoms with Crippen molar-refractivity contribution in [1.29, 1.82) is 0 Å². The predicted molar refractivity (Wildman–Crippen MR) is 137 cm³/mol. The molecule has 0 atom stereocenters. The lowest BCUT2D eigenvalue weighted by atomic mass is 10.1. The van der Waals surface area contributed by atoms with Gasteiger partial charge in [0.05, 0.1) is 31.9 Å². The van der Waals surface area contributed by atoms with E-state index < -0.39 is 0 Å². The van der Waals surface area contributed by atoms with Crippen LogP contribution in [0.15, 0.2) is 70.5 Å². The zero-order chi connectivity index (χ0) is 24.9. The number of ether oxygens (including phenoxy) is 3. The first kappa shape index (κ1) is 24.2. The molecule has 1 N–H and O–H groups in total. The van der Waals surface area contributed by atoms with E-state index in [0.29, 0.717) is 34.2 Å². The normalized spacial score (nSPS) is 13.9. The molecule has 3 aromatic carbocycles. The molecule has 180 valence electrons. The Morgan fingerprint density at radius 2 is 1.69 bits per heavy atom. The minimum absolute atomic E-state index is 0.145. The molecule has 0 aromatic heterocycles. The molecule has 0 spiro atoms. The van der Waals surface area contributed by atoms with Gasteiger partial charge in [-0.25, -0.2) is 0 Å². The third-order valence-electron chi connectivity index (χ3n) is 5.64. The maximum atomic E-state index is 13.1. The highest BCUT2D eigenvalue weighted by Gasteiger charge is 2.27. The number of amides is 2. The summed E-state index contributed by atoms with van der Waals surface area (Å²) in [4.78, 5) is 28.9. The van der Waals surface area contributed by atoms with Crippen molar-refractivity contribution in [3.05, 3.63) is 82.3 Å². The topological polar surface area (TPSA) is 77.1 Å². The highest BCUT2D eigenvalue weighted by molar-refractivity contribution is 8.04. The number of anilines is 1. The van der Waals surface area contributed by atoms with Gasteiger partial charge in [0.2, 0.25) is 0 Å². The number of nitrogens with one attached hydrogen (secondary N) is 1. The average Bonchev–Trinajstić information content (AvgIpc) is 2.90. The molecule has 0 saturated heterocycles. The summed E-state index contributed by atoms with van der Waals surface area (Å²) in [6.45, 7) is 0.391. The van der Waals surface area contributed by atoms with Gasteiger partial charge >= 0.3 is 0 Å². The predicted octanol–water partition coefficient (Wildman–Crippen LogP) is 4.75. The van der Waals surface area contributed by atoms with Gasteiger partial charge in [-0.3, -0.25) is 9.59 Å². The highest BCUT2D eigenvalue weighted by atomic mass is 32.2. The van der Waals surface area contributed by atoms with E-state index in [0.717, 1.165) is 21.8 Å². The van der Waals surface area contributed by atoms with Gasteiger partial charge in [-0.2, -0.15) is 0 Å². The number of methoxy groups -OCH3 is 3. The van der Waals surface area contributed by atoms with Gasteiger partial charge in [-0.05, 0) is 59.7 Å². The molecule has 4 rings (SSSR count). The SMILES string of the molecule is COc1ccc(CNC(=O)c2ccc3c(c2)N(C)C(=O)/C(=C/c2ccc(OC)c(OC)c2)S3)cc1. The number of benzene rings is 3. The van der Waals surface area contributed by atoms with Crippen LogP contribution >= 0.6 is 11.8 Å². The fourth-order valence-corrected chi connectivity index (χ4v) is 4.75. The van der Waals surface area contributed by atoms with Crippen LogP contribution in [0.2, 0.25) is 0 Å².